The molecule has 43 heavy (non-hydrogen) atoms. The van der Waals surface area contributed by atoms with Crippen LogP contribution in [0, 0.1) is 6.92 Å². The van der Waals surface area contributed by atoms with Crippen molar-refractivity contribution in [3.05, 3.63) is 94.1 Å². The van der Waals surface area contributed by atoms with Gasteiger partial charge < -0.3 is 24.1 Å². The number of fused-ring (bicyclic) bond motifs is 1. The fourth-order valence-electron chi connectivity index (χ4n) is 4.94. The molecule has 11 nitrogen and oxygen atoms in total. The lowest BCUT2D eigenvalue weighted by Gasteiger charge is -2.23. The number of benzene rings is 2. The number of pyridine rings is 1. The van der Waals surface area contributed by atoms with Gasteiger partial charge in [-0.3, -0.25) is 15.1 Å². The summed E-state index contributed by atoms with van der Waals surface area (Å²) in [6, 6.07) is 17.9. The molecule has 5 rings (SSSR count). The average Bonchev–Trinajstić information content (AvgIpc) is 3.41. The van der Waals surface area contributed by atoms with Crippen LogP contribution in [0.5, 0.6) is 0 Å². The van der Waals surface area contributed by atoms with Crippen molar-refractivity contribution in [2.24, 2.45) is 0 Å². The minimum absolute atomic E-state index is 0.0218. The quantitative estimate of drug-likeness (QED) is 0.301. The van der Waals surface area contributed by atoms with E-state index in [9.17, 15) is 14.4 Å². The lowest BCUT2D eigenvalue weighted by molar-refractivity contribution is -0.122. The highest BCUT2D eigenvalue weighted by atomic mass is 16.6. The summed E-state index contributed by atoms with van der Waals surface area (Å²) >= 11 is 0. The largest absolute Gasteiger partial charge is 0.444 e. The van der Waals surface area contributed by atoms with Crippen LogP contribution in [-0.4, -0.2) is 46.3 Å². The van der Waals surface area contributed by atoms with E-state index < -0.39 is 23.4 Å². The van der Waals surface area contributed by atoms with Gasteiger partial charge >= 0.3 is 17.7 Å². The normalized spacial score (nSPS) is 16.7. The molecule has 1 aliphatic rings. The van der Waals surface area contributed by atoms with Gasteiger partial charge in [0.15, 0.2) is 0 Å². The molecule has 1 aliphatic heterocycles. The van der Waals surface area contributed by atoms with Crippen LogP contribution < -0.4 is 21.2 Å². The van der Waals surface area contributed by atoms with Gasteiger partial charge in [0.25, 0.3) is 0 Å². The fourth-order valence-corrected chi connectivity index (χ4v) is 4.94. The number of carbonyl (C=O) groups excluding carboxylic acids is 2. The Balaban J connectivity index is 1.40. The van der Waals surface area contributed by atoms with Gasteiger partial charge in [-0.05, 0) is 63.1 Å². The van der Waals surface area contributed by atoms with E-state index in [0.29, 0.717) is 36.3 Å². The van der Waals surface area contributed by atoms with Gasteiger partial charge in [0, 0.05) is 24.8 Å². The molecular formula is C32H35N5O6. The van der Waals surface area contributed by atoms with Crippen molar-refractivity contribution in [1.29, 1.82) is 0 Å². The predicted molar refractivity (Wildman–Crippen MR) is 162 cm³/mol. The van der Waals surface area contributed by atoms with Crippen LogP contribution in [0.2, 0.25) is 0 Å². The number of anilines is 2. The molecule has 2 atom stereocenters. The number of rotatable bonds is 8. The Morgan fingerprint density at radius 2 is 1.84 bits per heavy atom. The molecule has 2 N–H and O–H groups in total. The van der Waals surface area contributed by atoms with Crippen molar-refractivity contribution in [2.45, 2.75) is 65.0 Å². The first-order valence-corrected chi connectivity index (χ1v) is 14.1. The predicted octanol–water partition coefficient (Wildman–Crippen LogP) is 4.72. The first-order chi connectivity index (χ1) is 20.6. The van der Waals surface area contributed by atoms with E-state index in [2.05, 4.69) is 20.6 Å². The number of amides is 2. The molecule has 0 bridgehead atoms. The van der Waals surface area contributed by atoms with E-state index in [1.165, 1.54) is 0 Å². The van der Waals surface area contributed by atoms with E-state index in [4.69, 9.17) is 13.9 Å². The van der Waals surface area contributed by atoms with Crippen LogP contribution in [0.25, 0.3) is 10.9 Å². The van der Waals surface area contributed by atoms with Gasteiger partial charge in [0.1, 0.15) is 11.6 Å². The van der Waals surface area contributed by atoms with Crippen LogP contribution in [0.4, 0.5) is 16.5 Å². The van der Waals surface area contributed by atoms with Crippen LogP contribution in [-0.2, 0) is 27.4 Å². The molecular weight excluding hydrogens is 550 g/mol. The van der Waals surface area contributed by atoms with Crippen molar-refractivity contribution in [3.8, 4) is 0 Å². The highest BCUT2D eigenvalue weighted by molar-refractivity contribution is 5.93. The Morgan fingerprint density at radius 1 is 1.07 bits per heavy atom. The molecule has 11 heteroatoms. The summed E-state index contributed by atoms with van der Waals surface area (Å²) in [5, 5.41) is 5.85. The molecule has 2 aromatic heterocycles. The highest BCUT2D eigenvalue weighted by Gasteiger charge is 2.40. The Kier molecular flexibility index (Phi) is 8.72. The molecule has 0 radical (unpaired) electrons. The minimum atomic E-state index is -0.688. The van der Waals surface area contributed by atoms with Crippen LogP contribution in [0.3, 0.4) is 0 Å². The maximum absolute atomic E-state index is 13.4. The Morgan fingerprint density at radius 3 is 2.56 bits per heavy atom. The summed E-state index contributed by atoms with van der Waals surface area (Å²) in [5.41, 5.74) is 1.70. The molecule has 0 saturated carbocycles. The molecule has 2 amide bonds. The van der Waals surface area contributed by atoms with Crippen molar-refractivity contribution >= 4 is 34.6 Å². The van der Waals surface area contributed by atoms with E-state index in [-0.39, 0.29) is 30.0 Å². The van der Waals surface area contributed by atoms with Gasteiger partial charge in [-0.2, -0.15) is 4.98 Å². The summed E-state index contributed by atoms with van der Waals surface area (Å²) in [4.78, 5) is 49.7. The monoisotopic (exact) mass is 585 g/mol. The zero-order chi connectivity index (χ0) is 30.6. The van der Waals surface area contributed by atoms with Crippen LogP contribution in [0.1, 0.15) is 44.0 Å². The first kappa shape index (κ1) is 29.7. The number of nitrogens with zero attached hydrogens (tertiary/aromatic N) is 3. The van der Waals surface area contributed by atoms with Gasteiger partial charge in [-0.1, -0.05) is 36.4 Å². The summed E-state index contributed by atoms with van der Waals surface area (Å²) in [7, 11) is 0. The molecule has 4 aromatic rings. The maximum atomic E-state index is 13.4. The molecule has 0 spiro atoms. The number of nitrogens with one attached hydrogen (secondary N) is 2. The zero-order valence-corrected chi connectivity index (χ0v) is 24.6. The van der Waals surface area contributed by atoms with Gasteiger partial charge in [0.2, 0.25) is 5.91 Å². The number of hydrogen-bond donors (Lipinski definition) is 2. The van der Waals surface area contributed by atoms with Crippen molar-refractivity contribution in [2.75, 3.05) is 16.8 Å². The molecule has 1 fully saturated rings. The highest BCUT2D eigenvalue weighted by Crippen LogP contribution is 2.29. The SMILES string of the molecule is Cc1c(NC(=O)OC(C)(C)C)ccc2nc(N3C[C@H](OCc4ccccc4)C[C@H]3C(=O)NCc3ccccn3)oc(=O)c12. The summed E-state index contributed by atoms with van der Waals surface area (Å²) in [6.45, 7) is 7.92. The number of aromatic nitrogens is 2. The van der Waals surface area contributed by atoms with Gasteiger partial charge in [-0.25, -0.2) is 9.59 Å². The van der Waals surface area contributed by atoms with Crippen molar-refractivity contribution < 1.29 is 23.5 Å². The topological polar surface area (TPSA) is 136 Å². The van der Waals surface area contributed by atoms with E-state index >= 15 is 0 Å². The van der Waals surface area contributed by atoms with E-state index in [1.54, 1.807) is 50.9 Å². The Labute approximate surface area is 249 Å². The lowest BCUT2D eigenvalue weighted by Crippen LogP contribution is -2.43. The van der Waals surface area contributed by atoms with Crippen molar-refractivity contribution in [1.82, 2.24) is 15.3 Å². The van der Waals surface area contributed by atoms with Gasteiger partial charge in [0.05, 0.1) is 35.9 Å². The second kappa shape index (κ2) is 12.6. The van der Waals surface area contributed by atoms with Gasteiger partial charge in [-0.15, -0.1) is 0 Å². The second-order valence-electron chi connectivity index (χ2n) is 11.4. The minimum Gasteiger partial charge on any atom is -0.444 e. The summed E-state index contributed by atoms with van der Waals surface area (Å²) in [5.74, 6) is -0.255. The van der Waals surface area contributed by atoms with Crippen LogP contribution in [0.15, 0.2) is 76.1 Å². The molecule has 1 saturated heterocycles. The Bertz CT molecular complexity index is 1650. The molecule has 2 aromatic carbocycles. The average molecular weight is 586 g/mol. The summed E-state index contributed by atoms with van der Waals surface area (Å²) in [6.07, 6.45) is 1.10. The number of carbonyl (C=O) groups is 2. The maximum Gasteiger partial charge on any atom is 0.412 e. The third-order valence-corrected chi connectivity index (χ3v) is 6.99. The second-order valence-corrected chi connectivity index (χ2v) is 11.4. The Hall–Kier alpha value is -4.77. The third-order valence-electron chi connectivity index (χ3n) is 6.99. The molecule has 3 heterocycles. The summed E-state index contributed by atoms with van der Waals surface area (Å²) < 4.78 is 17.2. The van der Waals surface area contributed by atoms with Crippen LogP contribution >= 0.6 is 0 Å². The number of aryl methyl sites for hydroxylation is 1. The smallest absolute Gasteiger partial charge is 0.412 e. The first-order valence-electron chi connectivity index (χ1n) is 14.1. The molecule has 0 unspecified atom stereocenters. The van der Waals surface area contributed by atoms with E-state index in [1.807, 2.05) is 48.5 Å². The zero-order valence-electron chi connectivity index (χ0n) is 24.6. The number of ether oxygens (including phenoxy) is 2. The number of hydrogen-bond acceptors (Lipinski definition) is 9. The van der Waals surface area contributed by atoms with Crippen molar-refractivity contribution in [3.63, 3.8) is 0 Å². The third kappa shape index (κ3) is 7.36. The molecule has 0 aliphatic carbocycles. The molecule has 224 valence electrons. The fraction of sp³-hybridized carbons (Fsp3) is 0.344. The van der Waals surface area contributed by atoms with E-state index in [0.717, 1.165) is 11.3 Å². The lowest BCUT2D eigenvalue weighted by atomic mass is 10.1. The standard InChI is InChI=1S/C32H35N5O6/c1-20-24(36-31(40)43-32(2,3)4)13-14-25-27(20)29(39)42-30(35-25)37-18-23(41-19-21-10-6-5-7-11-21)16-26(37)28(38)34-17-22-12-8-9-15-33-22/h5-15,23,26H,16-19H2,1-4H3,(H,34,38)(H,36,40)/t23-,26+/m1/s1.